The highest BCUT2D eigenvalue weighted by Crippen LogP contribution is 2.62. The normalized spacial score (nSPS) is 34.0. The molecule has 3 aliphatic rings. The summed E-state index contributed by atoms with van der Waals surface area (Å²) in [5.41, 5.74) is 0.0351. The summed E-state index contributed by atoms with van der Waals surface area (Å²) in [5, 5.41) is 24.3. The minimum atomic E-state index is -0.574. The molecule has 0 aliphatic heterocycles. The van der Waals surface area contributed by atoms with Crippen LogP contribution in [-0.4, -0.2) is 39.5 Å². The Balaban J connectivity index is 1.30. The summed E-state index contributed by atoms with van der Waals surface area (Å²) in [6.07, 6.45) is 15.3. The summed E-state index contributed by atoms with van der Waals surface area (Å²) < 4.78 is 7.07. The topological polar surface area (TPSA) is 88.1 Å². The van der Waals surface area contributed by atoms with Crippen LogP contribution in [0.5, 0.6) is 0 Å². The Kier molecular flexibility index (Phi) is 8.38. The maximum Gasteiger partial charge on any atom is 0.157 e. The number of rotatable bonds is 11. The quantitative estimate of drug-likeness (QED) is 0.418. The lowest BCUT2D eigenvalue weighted by molar-refractivity contribution is -0.130. The smallest absolute Gasteiger partial charge is 0.157 e. The standard InChI is InChI=1S/C29H45N3O3/c1-4-35-14-6-5-12-28(2,34)16-21-7-8-24-23(15-21)11-13-29(3)25(24)9-10-26(29)27(33)20-32-19-22(17-30)18-31-32/h18-19,21,23-26,34H,4-16,20H2,1-3H3/t21-,23+,24+,25-,26+,28+,29-/m0/s1. The predicted octanol–water partition coefficient (Wildman–Crippen LogP) is 5.53. The zero-order valence-electron chi connectivity index (χ0n) is 22.0. The number of Topliss-reactive ketones (excluding diaryl/α,β-unsaturated/α-hetero) is 1. The van der Waals surface area contributed by atoms with Gasteiger partial charge in [-0.25, -0.2) is 0 Å². The summed E-state index contributed by atoms with van der Waals surface area (Å²) in [6, 6.07) is 2.09. The lowest BCUT2D eigenvalue weighted by Gasteiger charge is -2.52. The van der Waals surface area contributed by atoms with Crippen molar-refractivity contribution in [3.63, 3.8) is 0 Å². The molecule has 0 unspecified atom stereocenters. The monoisotopic (exact) mass is 483 g/mol. The van der Waals surface area contributed by atoms with Gasteiger partial charge in [-0.3, -0.25) is 9.48 Å². The van der Waals surface area contributed by atoms with E-state index < -0.39 is 5.60 Å². The number of hydrogen-bond donors (Lipinski definition) is 1. The molecule has 1 aromatic heterocycles. The van der Waals surface area contributed by atoms with Crippen LogP contribution in [0.4, 0.5) is 0 Å². The Morgan fingerprint density at radius 2 is 2.14 bits per heavy atom. The molecule has 6 heteroatoms. The maximum absolute atomic E-state index is 13.3. The average molecular weight is 484 g/mol. The summed E-state index contributed by atoms with van der Waals surface area (Å²) >= 11 is 0. The van der Waals surface area contributed by atoms with Crippen molar-refractivity contribution in [3.05, 3.63) is 18.0 Å². The van der Waals surface area contributed by atoms with Crippen molar-refractivity contribution in [1.82, 2.24) is 9.78 Å². The molecule has 0 aromatic carbocycles. The molecule has 3 fully saturated rings. The Morgan fingerprint density at radius 1 is 1.31 bits per heavy atom. The van der Waals surface area contributed by atoms with E-state index >= 15 is 0 Å². The number of hydrogen-bond acceptors (Lipinski definition) is 5. The second-order valence-corrected chi connectivity index (χ2v) is 12.2. The Labute approximate surface area is 211 Å². The predicted molar refractivity (Wildman–Crippen MR) is 135 cm³/mol. The van der Waals surface area contributed by atoms with E-state index in [4.69, 9.17) is 10.00 Å². The average Bonchev–Trinajstić information content (AvgIpc) is 3.42. The fourth-order valence-electron chi connectivity index (χ4n) is 8.14. The van der Waals surface area contributed by atoms with Gasteiger partial charge < -0.3 is 9.84 Å². The maximum atomic E-state index is 13.3. The fraction of sp³-hybridized carbons (Fsp3) is 0.828. The molecule has 0 spiro atoms. The number of aromatic nitrogens is 2. The van der Waals surface area contributed by atoms with E-state index in [0.29, 0.717) is 17.4 Å². The van der Waals surface area contributed by atoms with Crippen molar-refractivity contribution < 1.29 is 14.6 Å². The van der Waals surface area contributed by atoms with Crippen molar-refractivity contribution >= 4 is 5.78 Å². The van der Waals surface area contributed by atoms with Gasteiger partial charge in [0.1, 0.15) is 6.07 Å². The van der Waals surface area contributed by atoms with Crippen LogP contribution in [0.3, 0.4) is 0 Å². The first-order valence-corrected chi connectivity index (χ1v) is 14.0. The van der Waals surface area contributed by atoms with E-state index in [-0.39, 0.29) is 23.7 Å². The van der Waals surface area contributed by atoms with Crippen molar-refractivity contribution in [2.75, 3.05) is 13.2 Å². The van der Waals surface area contributed by atoms with Crippen LogP contribution in [0, 0.1) is 46.3 Å². The highest BCUT2D eigenvalue weighted by molar-refractivity contribution is 5.82. The van der Waals surface area contributed by atoms with Gasteiger partial charge >= 0.3 is 0 Å². The number of fused-ring (bicyclic) bond motifs is 3. The van der Waals surface area contributed by atoms with Gasteiger partial charge in [0.15, 0.2) is 5.78 Å². The molecule has 1 N–H and O–H groups in total. The van der Waals surface area contributed by atoms with Crippen LogP contribution in [-0.2, 0) is 16.1 Å². The van der Waals surface area contributed by atoms with Gasteiger partial charge in [-0.1, -0.05) is 13.3 Å². The first-order valence-electron chi connectivity index (χ1n) is 14.0. The molecule has 194 valence electrons. The molecule has 3 saturated carbocycles. The molecule has 1 heterocycles. The minimum Gasteiger partial charge on any atom is -0.390 e. The van der Waals surface area contributed by atoms with Crippen LogP contribution in [0.15, 0.2) is 12.4 Å². The molecule has 0 bridgehead atoms. The zero-order valence-corrected chi connectivity index (χ0v) is 22.0. The first-order chi connectivity index (χ1) is 16.8. The van der Waals surface area contributed by atoms with Gasteiger partial charge in [-0.15, -0.1) is 0 Å². The third kappa shape index (κ3) is 6.00. The number of nitrogens with zero attached hydrogens (tertiary/aromatic N) is 3. The molecule has 4 rings (SSSR count). The lowest BCUT2D eigenvalue weighted by Crippen LogP contribution is -2.46. The van der Waals surface area contributed by atoms with Gasteiger partial charge in [0.25, 0.3) is 0 Å². The number of carbonyl (C=O) groups is 1. The molecular weight excluding hydrogens is 438 g/mol. The van der Waals surface area contributed by atoms with Gasteiger partial charge in [0.2, 0.25) is 0 Å². The highest BCUT2D eigenvalue weighted by Gasteiger charge is 2.56. The van der Waals surface area contributed by atoms with E-state index in [2.05, 4.69) is 18.1 Å². The summed E-state index contributed by atoms with van der Waals surface area (Å²) in [6.45, 7) is 8.29. The SMILES string of the molecule is CCOCCCC[C@@](C)(O)C[C@H]1CC[C@@H]2[C@H](CC[C@]3(C)[C@@H](C(=O)Cn4cc(C#N)cn4)CC[C@@H]23)C1. The molecule has 0 amide bonds. The van der Waals surface area contributed by atoms with Gasteiger partial charge in [-0.05, 0) is 107 Å². The fourth-order valence-corrected chi connectivity index (χ4v) is 8.14. The van der Waals surface area contributed by atoms with Crippen molar-refractivity contribution in [2.24, 2.45) is 35.0 Å². The van der Waals surface area contributed by atoms with E-state index in [1.807, 2.05) is 13.8 Å². The highest BCUT2D eigenvalue weighted by atomic mass is 16.5. The number of aliphatic hydroxyl groups is 1. The molecule has 1 aromatic rings. The van der Waals surface area contributed by atoms with Crippen LogP contribution in [0.25, 0.3) is 0 Å². The second-order valence-electron chi connectivity index (χ2n) is 12.2. The Bertz CT molecular complexity index is 903. The summed E-state index contributed by atoms with van der Waals surface area (Å²) in [4.78, 5) is 13.3. The van der Waals surface area contributed by atoms with Gasteiger partial charge in [0, 0.05) is 25.3 Å². The minimum absolute atomic E-state index is 0.0996. The number of unbranched alkanes of at least 4 members (excludes halogenated alkanes) is 1. The molecule has 3 aliphatic carbocycles. The first kappa shape index (κ1) is 26.4. The third-order valence-corrected chi connectivity index (χ3v) is 9.79. The van der Waals surface area contributed by atoms with Crippen LogP contribution < -0.4 is 0 Å². The van der Waals surface area contributed by atoms with Crippen LogP contribution in [0.2, 0.25) is 0 Å². The third-order valence-electron chi connectivity index (χ3n) is 9.79. The molecule has 0 radical (unpaired) electrons. The van der Waals surface area contributed by atoms with E-state index in [1.165, 1.54) is 38.3 Å². The lowest BCUT2D eigenvalue weighted by atomic mass is 9.53. The van der Waals surface area contributed by atoms with E-state index in [0.717, 1.165) is 63.6 Å². The van der Waals surface area contributed by atoms with Crippen LogP contribution >= 0.6 is 0 Å². The van der Waals surface area contributed by atoms with Crippen molar-refractivity contribution in [1.29, 1.82) is 5.26 Å². The Morgan fingerprint density at radius 3 is 2.89 bits per heavy atom. The van der Waals surface area contributed by atoms with Crippen molar-refractivity contribution in [3.8, 4) is 6.07 Å². The number of nitriles is 1. The number of ether oxygens (including phenoxy) is 1. The summed E-state index contributed by atoms with van der Waals surface area (Å²) in [5.74, 6) is 3.14. The van der Waals surface area contributed by atoms with Crippen LogP contribution in [0.1, 0.15) is 97.0 Å². The molecule has 0 saturated heterocycles. The second kappa shape index (κ2) is 11.1. The molecule has 7 atom stereocenters. The number of carbonyl (C=O) groups excluding carboxylic acids is 1. The molecule has 6 nitrogen and oxygen atoms in total. The summed E-state index contributed by atoms with van der Waals surface area (Å²) in [7, 11) is 0. The largest absolute Gasteiger partial charge is 0.390 e. The van der Waals surface area contributed by atoms with Crippen molar-refractivity contribution in [2.45, 2.75) is 104 Å². The zero-order chi connectivity index (χ0) is 25.1. The molecular formula is C29H45N3O3. The van der Waals surface area contributed by atoms with E-state index in [9.17, 15) is 9.90 Å². The molecule has 35 heavy (non-hydrogen) atoms. The van der Waals surface area contributed by atoms with Gasteiger partial charge in [-0.2, -0.15) is 10.4 Å². The van der Waals surface area contributed by atoms with Gasteiger partial charge in [0.05, 0.1) is 23.9 Å². The van der Waals surface area contributed by atoms with E-state index in [1.54, 1.807) is 10.9 Å². The Hall–Kier alpha value is -1.71. The number of ketones is 1.